The van der Waals surface area contributed by atoms with Crippen LogP contribution in [0.4, 0.5) is 0 Å². The molecule has 0 saturated heterocycles. The van der Waals surface area contributed by atoms with E-state index in [1.807, 2.05) is 6.07 Å². The molecule has 0 fully saturated rings. The summed E-state index contributed by atoms with van der Waals surface area (Å²) in [5, 5.41) is 9.10. The van der Waals surface area contributed by atoms with E-state index in [4.69, 9.17) is 28.5 Å². The van der Waals surface area contributed by atoms with Crippen LogP contribution in [0.2, 0.25) is 5.02 Å². The van der Waals surface area contributed by atoms with Crippen molar-refractivity contribution in [3.05, 3.63) is 34.3 Å². The zero-order valence-corrected chi connectivity index (χ0v) is 7.15. The lowest BCUT2D eigenvalue weighted by atomic mass is 10.1. The Labute approximate surface area is 75.2 Å². The van der Waals surface area contributed by atoms with Crippen molar-refractivity contribution >= 4 is 23.2 Å². The average Bonchev–Trinajstić information content (AvgIpc) is 2.04. The molecule has 1 aromatic carbocycles. The van der Waals surface area contributed by atoms with Gasteiger partial charge in [-0.25, -0.2) is 0 Å². The Kier molecular flexibility index (Phi) is 2.76. The Bertz CT molecular complexity index is 301. The Morgan fingerprint density at radius 2 is 2.18 bits per heavy atom. The fourth-order valence-corrected chi connectivity index (χ4v) is 1.26. The van der Waals surface area contributed by atoms with Gasteiger partial charge in [-0.05, 0) is 11.6 Å². The molecule has 0 aromatic heterocycles. The van der Waals surface area contributed by atoms with Gasteiger partial charge in [-0.1, -0.05) is 23.7 Å². The van der Waals surface area contributed by atoms with Gasteiger partial charge in [-0.15, -0.1) is 11.6 Å². The molecule has 0 amide bonds. The summed E-state index contributed by atoms with van der Waals surface area (Å²) in [5.41, 5.74) is 1.26. The molecule has 0 aliphatic carbocycles. The summed E-state index contributed by atoms with van der Waals surface area (Å²) in [4.78, 5) is 0. The van der Waals surface area contributed by atoms with E-state index in [9.17, 15) is 0 Å². The molecule has 0 aliphatic heterocycles. The number of rotatable bonds is 1. The molecular weight excluding hydrogens is 181 g/mol. The molecule has 0 N–H and O–H groups in total. The second-order valence-electron chi connectivity index (χ2n) is 2.02. The zero-order valence-electron chi connectivity index (χ0n) is 5.64. The molecule has 11 heavy (non-hydrogen) atoms. The maximum absolute atomic E-state index is 8.64. The van der Waals surface area contributed by atoms with Gasteiger partial charge in [-0.3, -0.25) is 0 Å². The predicted octanol–water partition coefficient (Wildman–Crippen LogP) is 2.95. The minimum absolute atomic E-state index is 0.323. The summed E-state index contributed by atoms with van der Waals surface area (Å²) in [6.07, 6.45) is 0. The van der Waals surface area contributed by atoms with E-state index in [2.05, 4.69) is 0 Å². The zero-order chi connectivity index (χ0) is 8.27. The minimum Gasteiger partial charge on any atom is -0.192 e. The summed E-state index contributed by atoms with van der Waals surface area (Å²) >= 11 is 11.3. The topological polar surface area (TPSA) is 23.8 Å². The molecule has 1 nitrogen and oxygen atoms in total. The van der Waals surface area contributed by atoms with Crippen LogP contribution in [0, 0.1) is 11.3 Å². The average molecular weight is 186 g/mol. The second-order valence-corrected chi connectivity index (χ2v) is 2.69. The monoisotopic (exact) mass is 185 g/mol. The highest BCUT2D eigenvalue weighted by atomic mass is 35.5. The van der Waals surface area contributed by atoms with Gasteiger partial charge in [0.15, 0.2) is 0 Å². The van der Waals surface area contributed by atoms with Crippen LogP contribution in [0.3, 0.4) is 0 Å². The van der Waals surface area contributed by atoms with Crippen molar-refractivity contribution in [2.45, 2.75) is 5.88 Å². The highest BCUT2D eigenvalue weighted by Crippen LogP contribution is 2.19. The fourth-order valence-electron chi connectivity index (χ4n) is 0.805. The van der Waals surface area contributed by atoms with Crippen LogP contribution in [0.1, 0.15) is 11.1 Å². The van der Waals surface area contributed by atoms with Gasteiger partial charge in [0.2, 0.25) is 0 Å². The molecule has 0 spiro atoms. The van der Waals surface area contributed by atoms with Crippen molar-refractivity contribution in [1.29, 1.82) is 5.26 Å². The van der Waals surface area contributed by atoms with Gasteiger partial charge < -0.3 is 0 Å². The van der Waals surface area contributed by atoms with Gasteiger partial charge >= 0.3 is 0 Å². The van der Waals surface area contributed by atoms with Crippen molar-refractivity contribution < 1.29 is 0 Å². The van der Waals surface area contributed by atoms with E-state index in [1.165, 1.54) is 0 Å². The van der Waals surface area contributed by atoms with Crippen LogP contribution < -0.4 is 0 Å². The molecule has 0 heterocycles. The molecular formula is C8H5Cl2N. The summed E-state index contributed by atoms with van der Waals surface area (Å²) in [6, 6.07) is 7.24. The number of alkyl halides is 1. The maximum Gasteiger partial charge on any atom is 0.101 e. The van der Waals surface area contributed by atoms with E-state index >= 15 is 0 Å². The molecule has 3 heteroatoms. The summed E-state index contributed by atoms with van der Waals surface area (Å²) in [5.74, 6) is 0.323. The third-order valence-corrected chi connectivity index (χ3v) is 1.96. The third kappa shape index (κ3) is 1.65. The van der Waals surface area contributed by atoms with Crippen molar-refractivity contribution in [1.82, 2.24) is 0 Å². The second kappa shape index (κ2) is 3.61. The SMILES string of the molecule is N#Cc1c(Cl)cccc1CCl. The quantitative estimate of drug-likeness (QED) is 0.618. The first-order valence-electron chi connectivity index (χ1n) is 3.03. The summed E-state index contributed by atoms with van der Waals surface area (Å²) < 4.78 is 0. The van der Waals surface area contributed by atoms with Crippen LogP contribution in [0.25, 0.3) is 0 Å². The lowest BCUT2D eigenvalue weighted by molar-refractivity contribution is 1.35. The highest BCUT2D eigenvalue weighted by molar-refractivity contribution is 6.32. The Hall–Kier alpha value is -0.710. The van der Waals surface area contributed by atoms with Gasteiger partial charge in [0.05, 0.1) is 10.6 Å². The molecule has 0 radical (unpaired) electrons. The number of hydrogen-bond acceptors (Lipinski definition) is 1. The van der Waals surface area contributed by atoms with Crippen molar-refractivity contribution in [2.24, 2.45) is 0 Å². The number of halogens is 2. The molecule has 0 saturated carbocycles. The van der Waals surface area contributed by atoms with E-state index in [1.54, 1.807) is 18.2 Å². The van der Waals surface area contributed by atoms with Gasteiger partial charge in [0.1, 0.15) is 6.07 Å². The number of nitriles is 1. The van der Waals surface area contributed by atoms with Gasteiger partial charge in [0.25, 0.3) is 0 Å². The van der Waals surface area contributed by atoms with Crippen LogP contribution in [0.15, 0.2) is 18.2 Å². The Morgan fingerprint density at radius 3 is 2.64 bits per heavy atom. The van der Waals surface area contributed by atoms with Gasteiger partial charge in [0, 0.05) is 5.88 Å². The Morgan fingerprint density at radius 1 is 1.45 bits per heavy atom. The molecule has 0 unspecified atom stereocenters. The van der Waals surface area contributed by atoms with E-state index < -0.39 is 0 Å². The third-order valence-electron chi connectivity index (χ3n) is 1.36. The predicted molar refractivity (Wildman–Crippen MR) is 45.7 cm³/mol. The highest BCUT2D eigenvalue weighted by Gasteiger charge is 2.03. The lowest BCUT2D eigenvalue weighted by Gasteiger charge is -1.99. The first-order valence-corrected chi connectivity index (χ1v) is 3.94. The van der Waals surface area contributed by atoms with Crippen molar-refractivity contribution in [2.75, 3.05) is 0 Å². The molecule has 0 bridgehead atoms. The van der Waals surface area contributed by atoms with Crippen molar-refractivity contribution in [3.63, 3.8) is 0 Å². The molecule has 1 rings (SSSR count). The minimum atomic E-state index is 0.323. The van der Waals surface area contributed by atoms with E-state index in [0.717, 1.165) is 5.56 Å². The molecule has 1 aromatic rings. The van der Waals surface area contributed by atoms with Crippen LogP contribution >= 0.6 is 23.2 Å². The number of nitrogens with zero attached hydrogens (tertiary/aromatic N) is 1. The lowest BCUT2D eigenvalue weighted by Crippen LogP contribution is -1.85. The van der Waals surface area contributed by atoms with Crippen molar-refractivity contribution in [3.8, 4) is 6.07 Å². The van der Waals surface area contributed by atoms with Gasteiger partial charge in [-0.2, -0.15) is 5.26 Å². The normalized spacial score (nSPS) is 9.18. The van der Waals surface area contributed by atoms with Crippen LogP contribution in [-0.4, -0.2) is 0 Å². The smallest absolute Gasteiger partial charge is 0.101 e. The fraction of sp³-hybridized carbons (Fsp3) is 0.125. The van der Waals surface area contributed by atoms with E-state index in [-0.39, 0.29) is 0 Å². The first-order chi connectivity index (χ1) is 5.29. The number of benzene rings is 1. The maximum atomic E-state index is 8.64. The molecule has 0 aliphatic rings. The molecule has 56 valence electrons. The summed E-state index contributed by atoms with van der Waals surface area (Å²) in [6.45, 7) is 0. The molecule has 0 atom stereocenters. The summed E-state index contributed by atoms with van der Waals surface area (Å²) in [7, 11) is 0. The van der Waals surface area contributed by atoms with E-state index in [0.29, 0.717) is 16.5 Å². The largest absolute Gasteiger partial charge is 0.192 e. The number of hydrogen-bond donors (Lipinski definition) is 0. The standard InChI is InChI=1S/C8H5Cl2N/c9-4-6-2-1-3-8(10)7(6)5-11/h1-3H,4H2. The van der Waals surface area contributed by atoms with Crippen LogP contribution in [-0.2, 0) is 5.88 Å². The Balaban J connectivity index is 3.27. The van der Waals surface area contributed by atoms with Crippen LogP contribution in [0.5, 0.6) is 0 Å². The first kappa shape index (κ1) is 8.39.